The molecule has 2 rings (SSSR count). The molecule has 160 valence electrons. The molecule has 30 heavy (non-hydrogen) atoms. The number of benzene rings is 2. The Labute approximate surface area is 171 Å². The number of phenolic OH excluding ortho intramolecular Hbond substituents is 1. The van der Waals surface area contributed by atoms with Gasteiger partial charge in [-0.3, -0.25) is 4.79 Å². The summed E-state index contributed by atoms with van der Waals surface area (Å²) >= 11 is 0. The number of quaternary nitrogens is 1. The van der Waals surface area contributed by atoms with E-state index in [2.05, 4.69) is 4.74 Å². The van der Waals surface area contributed by atoms with Crippen molar-refractivity contribution < 1.29 is 38.9 Å². The van der Waals surface area contributed by atoms with Crippen molar-refractivity contribution in [3.63, 3.8) is 0 Å². The summed E-state index contributed by atoms with van der Waals surface area (Å²) < 4.78 is 14.6. The van der Waals surface area contributed by atoms with E-state index < -0.39 is 51.6 Å². The topological polar surface area (TPSA) is 150 Å². The zero-order valence-corrected chi connectivity index (χ0v) is 16.7. The molecular weight excluding hydrogens is 398 g/mol. The maximum absolute atomic E-state index is 13.1. The zero-order chi connectivity index (χ0) is 22.6. The molecule has 2 aromatic rings. The van der Waals surface area contributed by atoms with Crippen LogP contribution in [0.4, 0.5) is 5.69 Å². The van der Waals surface area contributed by atoms with Crippen LogP contribution in [0.1, 0.15) is 50.5 Å². The van der Waals surface area contributed by atoms with Crippen LogP contribution < -0.4 is 9.96 Å². The third-order valence-electron chi connectivity index (χ3n) is 4.05. The molecule has 0 aliphatic heterocycles. The van der Waals surface area contributed by atoms with Crippen LogP contribution in [0.2, 0.25) is 0 Å². The van der Waals surface area contributed by atoms with E-state index in [4.69, 9.17) is 9.47 Å². The van der Waals surface area contributed by atoms with Crippen molar-refractivity contribution in [3.8, 4) is 11.5 Å². The molecule has 0 unspecified atom stereocenters. The quantitative estimate of drug-likeness (QED) is 0.295. The number of hydrogen-bond acceptors (Lipinski definition) is 9. The zero-order valence-electron chi connectivity index (χ0n) is 16.7. The number of ether oxygens (including phenoxy) is 3. The molecule has 0 heterocycles. The summed E-state index contributed by atoms with van der Waals surface area (Å²) in [5.74, 6) is -3.73. The summed E-state index contributed by atoms with van der Waals surface area (Å²) in [6.07, 6.45) is -0.564. The Balaban J connectivity index is 2.71. The molecule has 0 saturated heterocycles. The predicted molar refractivity (Wildman–Crippen MR) is 104 cm³/mol. The van der Waals surface area contributed by atoms with Crippen molar-refractivity contribution in [2.24, 2.45) is 0 Å². The highest BCUT2D eigenvalue weighted by Crippen LogP contribution is 2.38. The minimum absolute atomic E-state index is 0.0479. The molecule has 0 spiro atoms. The van der Waals surface area contributed by atoms with Gasteiger partial charge in [-0.05, 0) is 32.0 Å². The highest BCUT2D eigenvalue weighted by atomic mass is 16.8. The molecule has 0 atom stereocenters. The molecule has 0 saturated carbocycles. The second kappa shape index (κ2) is 9.35. The molecule has 0 aliphatic rings. The largest absolute Gasteiger partial charge is 0.628 e. The van der Waals surface area contributed by atoms with Crippen molar-refractivity contribution in [2.45, 2.75) is 20.0 Å². The first-order chi connectivity index (χ1) is 14.1. The lowest BCUT2D eigenvalue weighted by molar-refractivity contribution is -0.715. The van der Waals surface area contributed by atoms with Gasteiger partial charge in [-0.1, -0.05) is 12.1 Å². The molecule has 0 radical (unpaired) electrons. The first kappa shape index (κ1) is 22.8. The minimum atomic E-state index is -1.89. The fourth-order valence-electron chi connectivity index (χ4n) is 2.70. The van der Waals surface area contributed by atoms with Gasteiger partial charge in [0, 0.05) is 5.56 Å². The van der Waals surface area contributed by atoms with Crippen LogP contribution in [0.15, 0.2) is 30.3 Å². The number of aromatic hydroxyl groups is 1. The second-order valence-corrected chi connectivity index (χ2v) is 6.36. The third kappa shape index (κ3) is 4.57. The number of rotatable bonds is 7. The summed E-state index contributed by atoms with van der Waals surface area (Å²) in [4.78, 5) is 37.2. The van der Waals surface area contributed by atoms with Gasteiger partial charge in [0.1, 0.15) is 5.56 Å². The van der Waals surface area contributed by atoms with Gasteiger partial charge in [0.25, 0.3) is 0 Å². The highest BCUT2D eigenvalue weighted by molar-refractivity contribution is 6.18. The standard InChI is InChI=1S/C20H20NO9/c1-10(2)30-20(25)13-9-14(28-3)18(23)16(21(26)27)15(13)17(22)11-5-7-12(8-6-11)19(24)29-4/h5-10,21,23H,1-4H3/q-1. The van der Waals surface area contributed by atoms with Gasteiger partial charge in [-0.25, -0.2) is 9.59 Å². The van der Waals surface area contributed by atoms with E-state index in [1.54, 1.807) is 13.8 Å². The van der Waals surface area contributed by atoms with Crippen molar-refractivity contribution in [3.05, 3.63) is 63.0 Å². The highest BCUT2D eigenvalue weighted by Gasteiger charge is 2.31. The van der Waals surface area contributed by atoms with Gasteiger partial charge in [0.15, 0.2) is 17.2 Å². The van der Waals surface area contributed by atoms with Crippen molar-refractivity contribution in [2.75, 3.05) is 14.2 Å². The van der Waals surface area contributed by atoms with Gasteiger partial charge in [-0.2, -0.15) is 0 Å². The average molecular weight is 418 g/mol. The molecule has 2 aromatic carbocycles. The predicted octanol–water partition coefficient (Wildman–Crippen LogP) is 1.50. The summed E-state index contributed by atoms with van der Waals surface area (Å²) in [6, 6.07) is 6.13. The van der Waals surface area contributed by atoms with E-state index in [-0.39, 0.29) is 16.9 Å². The van der Waals surface area contributed by atoms with Gasteiger partial charge in [0.2, 0.25) is 5.75 Å². The number of carbonyl (C=O) groups excluding carboxylic acids is 3. The summed E-state index contributed by atoms with van der Waals surface area (Å²) in [5, 5.41) is 31.8. The smallest absolute Gasteiger partial charge is 0.339 e. The Morgan fingerprint density at radius 3 is 2.03 bits per heavy atom. The molecule has 0 aliphatic carbocycles. The van der Waals surface area contributed by atoms with E-state index in [0.717, 1.165) is 13.2 Å². The number of hydrogen-bond donors (Lipinski definition) is 2. The van der Waals surface area contributed by atoms with Gasteiger partial charge < -0.3 is 35.0 Å². The van der Waals surface area contributed by atoms with E-state index in [9.17, 15) is 29.9 Å². The molecule has 0 bridgehead atoms. The van der Waals surface area contributed by atoms with E-state index >= 15 is 0 Å². The first-order valence-corrected chi connectivity index (χ1v) is 8.71. The van der Waals surface area contributed by atoms with Crippen LogP contribution in [0.25, 0.3) is 0 Å². The van der Waals surface area contributed by atoms with Gasteiger partial charge in [-0.15, -0.1) is 0 Å². The maximum Gasteiger partial charge on any atom is 0.339 e. The Bertz CT molecular complexity index is 965. The molecule has 10 nitrogen and oxygen atoms in total. The van der Waals surface area contributed by atoms with Crippen molar-refractivity contribution >= 4 is 23.4 Å². The normalized spacial score (nSPS) is 10.8. The summed E-state index contributed by atoms with van der Waals surface area (Å²) in [7, 11) is 2.35. The molecule has 0 amide bonds. The maximum atomic E-state index is 13.1. The fourth-order valence-corrected chi connectivity index (χ4v) is 2.70. The number of nitrogens with one attached hydrogen (secondary N) is 1. The second-order valence-electron chi connectivity index (χ2n) is 6.36. The van der Waals surface area contributed by atoms with E-state index in [0.29, 0.717) is 0 Å². The Kier molecular flexibility index (Phi) is 7.11. The number of phenols is 1. The van der Waals surface area contributed by atoms with Crippen LogP contribution in [0, 0.1) is 10.4 Å². The number of methoxy groups -OCH3 is 2. The van der Waals surface area contributed by atoms with E-state index in [1.807, 2.05) is 0 Å². The van der Waals surface area contributed by atoms with Crippen LogP contribution in [0.5, 0.6) is 11.5 Å². The molecule has 0 fully saturated rings. The monoisotopic (exact) mass is 418 g/mol. The minimum Gasteiger partial charge on any atom is -0.628 e. The van der Waals surface area contributed by atoms with Crippen LogP contribution >= 0.6 is 0 Å². The first-order valence-electron chi connectivity index (χ1n) is 8.71. The van der Waals surface area contributed by atoms with Crippen LogP contribution in [0.3, 0.4) is 0 Å². The molecule has 0 aromatic heterocycles. The van der Waals surface area contributed by atoms with Crippen molar-refractivity contribution in [1.82, 2.24) is 0 Å². The molecule has 2 N–H and O–H groups in total. The lowest BCUT2D eigenvalue weighted by atomic mass is 9.94. The average Bonchev–Trinajstić information content (AvgIpc) is 2.71. The summed E-state index contributed by atoms with van der Waals surface area (Å²) in [6.45, 7) is 3.14. The van der Waals surface area contributed by atoms with Gasteiger partial charge >= 0.3 is 11.9 Å². The lowest BCUT2D eigenvalue weighted by Gasteiger charge is -2.29. The van der Waals surface area contributed by atoms with Gasteiger partial charge in [0.05, 0.1) is 31.5 Å². The van der Waals surface area contributed by atoms with E-state index in [1.165, 1.54) is 31.4 Å². The lowest BCUT2D eigenvalue weighted by Crippen LogP contribution is -2.96. The summed E-state index contributed by atoms with van der Waals surface area (Å²) in [5.41, 5.74) is -1.84. The molecular formula is C20H20NO9-. The third-order valence-corrected chi connectivity index (χ3v) is 4.05. The van der Waals surface area contributed by atoms with Crippen LogP contribution in [-0.2, 0) is 9.47 Å². The number of carbonyl (C=O) groups is 3. The number of esters is 2. The Morgan fingerprint density at radius 1 is 1.00 bits per heavy atom. The van der Waals surface area contributed by atoms with Crippen molar-refractivity contribution in [1.29, 1.82) is 0 Å². The Hall–Kier alpha value is -3.47. The van der Waals surface area contributed by atoms with Crippen LogP contribution in [-0.4, -0.2) is 43.2 Å². The SMILES string of the molecule is COC(=O)c1ccc(C(=O)c2c(C(=O)OC(C)C)cc(OC)c(O)c2[NH+]([O-])[O-])cc1. The Morgan fingerprint density at radius 2 is 1.57 bits per heavy atom. The number of ketones is 1. The fraction of sp³-hybridized carbons (Fsp3) is 0.250. The molecule has 10 heteroatoms.